The van der Waals surface area contributed by atoms with E-state index in [2.05, 4.69) is 58.1 Å². The summed E-state index contributed by atoms with van der Waals surface area (Å²) in [5.74, 6) is 2.07. The third kappa shape index (κ3) is 4.44. The molecule has 0 aliphatic carbocycles. The van der Waals surface area contributed by atoms with Crippen LogP contribution in [0.2, 0.25) is 0 Å². The van der Waals surface area contributed by atoms with Crippen LogP contribution in [0, 0.1) is 6.92 Å². The van der Waals surface area contributed by atoms with Crippen molar-refractivity contribution < 1.29 is 0 Å². The Bertz CT molecular complexity index is 618. The normalized spacial score (nSPS) is 11.9. The van der Waals surface area contributed by atoms with E-state index < -0.39 is 0 Å². The van der Waals surface area contributed by atoms with Gasteiger partial charge in [0, 0.05) is 36.7 Å². The van der Waals surface area contributed by atoms with Gasteiger partial charge in [-0.3, -0.25) is 4.99 Å². The number of para-hydroxylation sites is 1. The van der Waals surface area contributed by atoms with Crippen molar-refractivity contribution in [3.05, 3.63) is 35.5 Å². The number of benzene rings is 1. The number of hydrogen-bond acceptors (Lipinski definition) is 2. The third-order valence-electron chi connectivity index (χ3n) is 3.74. The first-order chi connectivity index (χ1) is 10.8. The topological polar surface area (TPSA) is 52.2 Å². The molecule has 22 heavy (non-hydrogen) atoms. The number of fused-ring (bicyclic) bond motifs is 1. The van der Waals surface area contributed by atoms with Gasteiger partial charge in [-0.2, -0.15) is 11.8 Å². The van der Waals surface area contributed by atoms with Crippen molar-refractivity contribution in [3.63, 3.8) is 0 Å². The first kappa shape index (κ1) is 16.7. The van der Waals surface area contributed by atoms with Crippen LogP contribution in [0.3, 0.4) is 0 Å². The molecule has 0 atom stereocenters. The molecule has 0 saturated carbocycles. The third-order valence-corrected chi connectivity index (χ3v) is 4.43. The molecule has 0 unspecified atom stereocenters. The first-order valence-corrected chi connectivity index (χ1v) is 9.15. The van der Waals surface area contributed by atoms with E-state index in [1.54, 1.807) is 0 Å². The van der Waals surface area contributed by atoms with Crippen molar-refractivity contribution in [2.75, 3.05) is 32.1 Å². The minimum absolute atomic E-state index is 0.880. The molecule has 1 heterocycles. The van der Waals surface area contributed by atoms with E-state index in [1.807, 2.05) is 18.8 Å². The van der Waals surface area contributed by atoms with Crippen molar-refractivity contribution in [1.82, 2.24) is 15.6 Å². The second-order valence-electron chi connectivity index (χ2n) is 5.30. The van der Waals surface area contributed by atoms with Crippen LogP contribution < -0.4 is 10.6 Å². The largest absolute Gasteiger partial charge is 0.358 e. The van der Waals surface area contributed by atoms with Crippen LogP contribution in [-0.4, -0.2) is 43.1 Å². The molecule has 120 valence electrons. The SMILES string of the molecule is CN=C(NCCCSC)NCCc1c(C)[nH]c2ccccc12. The number of guanidine groups is 1. The minimum atomic E-state index is 0.880. The molecule has 1 aromatic carbocycles. The Balaban J connectivity index is 1.85. The van der Waals surface area contributed by atoms with Gasteiger partial charge in [0.25, 0.3) is 0 Å². The zero-order chi connectivity index (χ0) is 15.8. The molecule has 3 N–H and O–H groups in total. The molecular formula is C17H26N4S. The maximum atomic E-state index is 4.27. The fourth-order valence-corrected chi connectivity index (χ4v) is 3.04. The maximum Gasteiger partial charge on any atom is 0.190 e. The second kappa shape index (κ2) is 8.73. The standard InChI is InChI=1S/C17H26N4S/c1-13-14(15-7-4-5-8-16(15)21-13)9-11-20-17(18-2)19-10-6-12-22-3/h4-5,7-8,21H,6,9-12H2,1-3H3,(H2,18,19,20). The van der Waals surface area contributed by atoms with Crippen molar-refractivity contribution in [3.8, 4) is 0 Å². The Labute approximate surface area is 137 Å². The monoisotopic (exact) mass is 318 g/mol. The Kier molecular flexibility index (Phi) is 6.65. The predicted octanol–water partition coefficient (Wildman–Crippen LogP) is 2.94. The van der Waals surface area contributed by atoms with Gasteiger partial charge in [-0.15, -0.1) is 0 Å². The van der Waals surface area contributed by atoms with E-state index in [1.165, 1.54) is 27.9 Å². The molecule has 4 nitrogen and oxygen atoms in total. The van der Waals surface area contributed by atoms with Gasteiger partial charge in [0.1, 0.15) is 0 Å². The average Bonchev–Trinajstić information content (AvgIpc) is 2.85. The van der Waals surface area contributed by atoms with Crippen molar-refractivity contribution in [2.24, 2.45) is 4.99 Å². The molecule has 0 amide bonds. The van der Waals surface area contributed by atoms with Crippen LogP contribution in [0.5, 0.6) is 0 Å². The number of aliphatic imine (C=N–C) groups is 1. The van der Waals surface area contributed by atoms with Gasteiger partial charge in [0.15, 0.2) is 5.96 Å². The Morgan fingerprint density at radius 3 is 2.77 bits per heavy atom. The number of rotatable bonds is 7. The van der Waals surface area contributed by atoms with E-state index in [9.17, 15) is 0 Å². The molecule has 0 aliphatic heterocycles. The zero-order valence-corrected chi connectivity index (χ0v) is 14.5. The average molecular weight is 318 g/mol. The summed E-state index contributed by atoms with van der Waals surface area (Å²) < 4.78 is 0. The molecule has 2 rings (SSSR count). The quantitative estimate of drug-likeness (QED) is 0.418. The highest BCUT2D eigenvalue weighted by Crippen LogP contribution is 2.21. The Hall–Kier alpha value is -1.62. The van der Waals surface area contributed by atoms with Crippen molar-refractivity contribution >= 4 is 28.6 Å². The number of hydrogen-bond donors (Lipinski definition) is 3. The molecule has 5 heteroatoms. The highest BCUT2D eigenvalue weighted by Gasteiger charge is 2.07. The molecule has 0 spiro atoms. The number of aromatic amines is 1. The Morgan fingerprint density at radius 2 is 2.00 bits per heavy atom. The summed E-state index contributed by atoms with van der Waals surface area (Å²) in [4.78, 5) is 7.72. The molecule has 0 bridgehead atoms. The van der Waals surface area contributed by atoms with Crippen LogP contribution in [0.25, 0.3) is 10.9 Å². The van der Waals surface area contributed by atoms with Gasteiger partial charge in [-0.05, 0) is 43.4 Å². The van der Waals surface area contributed by atoms with Crippen molar-refractivity contribution in [1.29, 1.82) is 0 Å². The maximum absolute atomic E-state index is 4.27. The fourth-order valence-electron chi connectivity index (χ4n) is 2.61. The van der Waals surface area contributed by atoms with E-state index in [0.717, 1.165) is 31.9 Å². The number of nitrogens with one attached hydrogen (secondary N) is 3. The number of nitrogens with zero attached hydrogens (tertiary/aromatic N) is 1. The molecule has 0 saturated heterocycles. The predicted molar refractivity (Wildman–Crippen MR) is 99.1 cm³/mol. The zero-order valence-electron chi connectivity index (χ0n) is 13.7. The van der Waals surface area contributed by atoms with Crippen LogP contribution in [0.1, 0.15) is 17.7 Å². The summed E-state index contributed by atoms with van der Waals surface area (Å²) >= 11 is 1.88. The number of thioether (sulfide) groups is 1. The van der Waals surface area contributed by atoms with Crippen LogP contribution in [-0.2, 0) is 6.42 Å². The van der Waals surface area contributed by atoms with Gasteiger partial charge in [0.05, 0.1) is 0 Å². The van der Waals surface area contributed by atoms with Gasteiger partial charge in [0.2, 0.25) is 0 Å². The summed E-state index contributed by atoms with van der Waals surface area (Å²) in [6.07, 6.45) is 4.28. The lowest BCUT2D eigenvalue weighted by atomic mass is 10.1. The van der Waals surface area contributed by atoms with E-state index in [-0.39, 0.29) is 0 Å². The highest BCUT2D eigenvalue weighted by atomic mass is 32.2. The van der Waals surface area contributed by atoms with Gasteiger partial charge in [-0.1, -0.05) is 18.2 Å². The molecule has 0 fully saturated rings. The van der Waals surface area contributed by atoms with E-state index in [4.69, 9.17) is 0 Å². The molecular weight excluding hydrogens is 292 g/mol. The summed E-state index contributed by atoms with van der Waals surface area (Å²) in [7, 11) is 1.82. The lowest BCUT2D eigenvalue weighted by Gasteiger charge is -2.11. The van der Waals surface area contributed by atoms with E-state index in [0.29, 0.717) is 0 Å². The van der Waals surface area contributed by atoms with Gasteiger partial charge < -0.3 is 15.6 Å². The lowest BCUT2D eigenvalue weighted by Crippen LogP contribution is -2.38. The summed E-state index contributed by atoms with van der Waals surface area (Å²) in [5, 5.41) is 8.07. The smallest absolute Gasteiger partial charge is 0.190 e. The van der Waals surface area contributed by atoms with Gasteiger partial charge >= 0.3 is 0 Å². The summed E-state index contributed by atoms with van der Waals surface area (Å²) in [5.41, 5.74) is 3.86. The number of H-pyrrole nitrogens is 1. The van der Waals surface area contributed by atoms with Crippen LogP contribution in [0.15, 0.2) is 29.3 Å². The second-order valence-corrected chi connectivity index (χ2v) is 6.28. The molecule has 1 aromatic heterocycles. The van der Waals surface area contributed by atoms with Gasteiger partial charge in [-0.25, -0.2) is 0 Å². The van der Waals surface area contributed by atoms with Crippen molar-refractivity contribution in [2.45, 2.75) is 19.8 Å². The van der Waals surface area contributed by atoms with Crippen LogP contribution in [0.4, 0.5) is 0 Å². The van der Waals surface area contributed by atoms with E-state index >= 15 is 0 Å². The van der Waals surface area contributed by atoms with Crippen LogP contribution >= 0.6 is 11.8 Å². The molecule has 2 aromatic rings. The number of aryl methyl sites for hydroxylation is 1. The molecule has 0 radical (unpaired) electrons. The minimum Gasteiger partial charge on any atom is -0.358 e. The summed E-state index contributed by atoms with van der Waals surface area (Å²) in [6, 6.07) is 8.48. The summed E-state index contributed by atoms with van der Waals surface area (Å²) in [6.45, 7) is 3.99. The first-order valence-electron chi connectivity index (χ1n) is 7.76. The number of aromatic nitrogens is 1. The lowest BCUT2D eigenvalue weighted by molar-refractivity contribution is 0.777. The molecule has 0 aliphatic rings. The Morgan fingerprint density at radius 1 is 1.23 bits per heavy atom. The highest BCUT2D eigenvalue weighted by molar-refractivity contribution is 7.98. The fraction of sp³-hybridized carbons (Fsp3) is 0.471.